The fourth-order valence-electron chi connectivity index (χ4n) is 2.36. The van der Waals surface area contributed by atoms with E-state index < -0.39 is 10.0 Å². The average Bonchev–Trinajstić information content (AvgIpc) is 2.75. The highest BCUT2D eigenvalue weighted by Crippen LogP contribution is 2.18. The predicted octanol–water partition coefficient (Wildman–Crippen LogP) is 1.35. The molecule has 2 rings (SSSR count). The van der Waals surface area contributed by atoms with E-state index >= 15 is 0 Å². The molecule has 0 aliphatic carbocycles. The van der Waals surface area contributed by atoms with Gasteiger partial charge in [-0.25, -0.2) is 8.42 Å². The molecule has 108 valence electrons. The van der Waals surface area contributed by atoms with Crippen LogP contribution in [0.1, 0.15) is 24.4 Å². The van der Waals surface area contributed by atoms with Crippen LogP contribution in [-0.4, -0.2) is 38.6 Å². The average molecular weight is 286 g/mol. The van der Waals surface area contributed by atoms with Crippen molar-refractivity contribution in [3.63, 3.8) is 0 Å². The molecule has 1 aromatic rings. The molecule has 2 heterocycles. The van der Waals surface area contributed by atoms with E-state index in [1.54, 1.807) is 7.05 Å². The Kier molecular flexibility index (Phi) is 4.65. The van der Waals surface area contributed by atoms with E-state index in [0.29, 0.717) is 12.3 Å². The summed E-state index contributed by atoms with van der Waals surface area (Å²) in [5.74, 6) is 2.00. The highest BCUT2D eigenvalue weighted by molar-refractivity contribution is 7.89. The predicted molar refractivity (Wildman–Crippen MR) is 74.3 cm³/mol. The number of nitrogens with zero attached hydrogens (tertiary/aromatic N) is 1. The Balaban J connectivity index is 1.94. The first-order valence-electron chi connectivity index (χ1n) is 6.67. The van der Waals surface area contributed by atoms with E-state index in [1.807, 2.05) is 19.1 Å². The molecule has 6 heteroatoms. The van der Waals surface area contributed by atoms with Crippen LogP contribution >= 0.6 is 0 Å². The zero-order chi connectivity index (χ0) is 13.9. The summed E-state index contributed by atoms with van der Waals surface area (Å²) in [6.07, 6.45) is 1.87. The Bertz CT molecular complexity index is 504. The molecule has 1 fully saturated rings. The van der Waals surface area contributed by atoms with Crippen LogP contribution in [0.5, 0.6) is 0 Å². The number of nitrogens with one attached hydrogen (secondary N) is 1. The van der Waals surface area contributed by atoms with Gasteiger partial charge >= 0.3 is 0 Å². The highest BCUT2D eigenvalue weighted by Gasteiger charge is 2.25. The topological polar surface area (TPSA) is 62.6 Å². The molecule has 1 aliphatic rings. The Morgan fingerprint density at radius 1 is 1.37 bits per heavy atom. The lowest BCUT2D eigenvalue weighted by Gasteiger charge is -2.24. The number of hydrogen-bond acceptors (Lipinski definition) is 4. The lowest BCUT2D eigenvalue weighted by atomic mass is 10.0. The molecule has 19 heavy (non-hydrogen) atoms. The van der Waals surface area contributed by atoms with Crippen LogP contribution in [0, 0.1) is 12.8 Å². The Labute approximate surface area is 115 Å². The summed E-state index contributed by atoms with van der Waals surface area (Å²) in [6, 6.07) is 3.68. The van der Waals surface area contributed by atoms with Crippen LogP contribution in [0.4, 0.5) is 0 Å². The highest BCUT2D eigenvalue weighted by atomic mass is 32.2. The summed E-state index contributed by atoms with van der Waals surface area (Å²) in [4.78, 5) is 0. The lowest BCUT2D eigenvalue weighted by molar-refractivity contribution is 0.373. The maximum absolute atomic E-state index is 12.3. The van der Waals surface area contributed by atoms with Crippen molar-refractivity contribution in [3.8, 4) is 0 Å². The molecule has 0 amide bonds. The molecular weight excluding hydrogens is 264 g/mol. The van der Waals surface area contributed by atoms with Crippen molar-refractivity contribution in [2.75, 3.05) is 25.9 Å². The number of aryl methyl sites for hydroxylation is 1. The molecule has 0 bridgehead atoms. The van der Waals surface area contributed by atoms with Crippen LogP contribution < -0.4 is 5.32 Å². The standard InChI is InChI=1S/C13H22N2O3S/c1-11-3-4-13(18-11)9-15(2)19(16,17)10-12-5-7-14-8-6-12/h3-4,12,14H,5-10H2,1-2H3. The Hall–Kier alpha value is -0.850. The third-order valence-corrected chi connectivity index (χ3v) is 5.53. The minimum atomic E-state index is -3.20. The molecule has 1 aromatic heterocycles. The SMILES string of the molecule is Cc1ccc(CN(C)S(=O)(=O)CC2CCNCC2)o1. The van der Waals surface area contributed by atoms with Gasteiger partial charge in [-0.3, -0.25) is 0 Å². The van der Waals surface area contributed by atoms with Crippen LogP contribution in [0.3, 0.4) is 0 Å². The summed E-state index contributed by atoms with van der Waals surface area (Å²) >= 11 is 0. The van der Waals surface area contributed by atoms with Gasteiger partial charge < -0.3 is 9.73 Å². The van der Waals surface area contributed by atoms with Crippen LogP contribution in [0.25, 0.3) is 0 Å². The van der Waals surface area contributed by atoms with Crippen LogP contribution in [0.15, 0.2) is 16.5 Å². The normalized spacial score (nSPS) is 18.1. The molecule has 0 unspecified atom stereocenters. The van der Waals surface area contributed by atoms with Crippen molar-refractivity contribution in [1.29, 1.82) is 0 Å². The molecule has 0 spiro atoms. The number of furan rings is 1. The van der Waals surface area contributed by atoms with Crippen molar-refractivity contribution in [3.05, 3.63) is 23.7 Å². The number of sulfonamides is 1. The third kappa shape index (κ3) is 4.06. The van der Waals surface area contributed by atoms with Gasteiger partial charge in [-0.15, -0.1) is 0 Å². The molecule has 5 nitrogen and oxygen atoms in total. The number of rotatable bonds is 5. The number of hydrogen-bond donors (Lipinski definition) is 1. The Morgan fingerprint density at radius 3 is 2.63 bits per heavy atom. The van der Waals surface area contributed by atoms with Crippen LogP contribution in [0.2, 0.25) is 0 Å². The van der Waals surface area contributed by atoms with Gasteiger partial charge in [0.05, 0.1) is 12.3 Å². The van der Waals surface area contributed by atoms with Gasteiger partial charge in [-0.2, -0.15) is 4.31 Å². The smallest absolute Gasteiger partial charge is 0.214 e. The van der Waals surface area contributed by atoms with E-state index in [4.69, 9.17) is 4.42 Å². The van der Waals surface area contributed by atoms with E-state index in [0.717, 1.165) is 31.7 Å². The minimum absolute atomic E-state index is 0.241. The van der Waals surface area contributed by atoms with Gasteiger partial charge in [0.1, 0.15) is 11.5 Å². The minimum Gasteiger partial charge on any atom is -0.465 e. The van der Waals surface area contributed by atoms with Crippen molar-refractivity contribution >= 4 is 10.0 Å². The maximum atomic E-state index is 12.3. The van der Waals surface area contributed by atoms with E-state index in [2.05, 4.69) is 5.32 Å². The third-order valence-electron chi connectivity index (χ3n) is 3.55. The summed E-state index contributed by atoms with van der Waals surface area (Å²) in [5, 5.41) is 3.25. The van der Waals surface area contributed by atoms with Gasteiger partial charge in [0.25, 0.3) is 0 Å². The van der Waals surface area contributed by atoms with Crippen molar-refractivity contribution in [2.45, 2.75) is 26.3 Å². The fourth-order valence-corrected chi connectivity index (χ4v) is 3.87. The molecule has 0 saturated carbocycles. The summed E-state index contributed by atoms with van der Waals surface area (Å²) in [6.45, 7) is 4.00. The number of piperidine rings is 1. The quantitative estimate of drug-likeness (QED) is 0.887. The monoisotopic (exact) mass is 286 g/mol. The van der Waals surface area contributed by atoms with Crippen molar-refractivity contribution in [1.82, 2.24) is 9.62 Å². The molecule has 0 atom stereocenters. The lowest BCUT2D eigenvalue weighted by Crippen LogP contribution is -2.36. The summed E-state index contributed by atoms with van der Waals surface area (Å²) < 4.78 is 31.4. The first-order valence-corrected chi connectivity index (χ1v) is 8.28. The summed E-state index contributed by atoms with van der Waals surface area (Å²) in [5.41, 5.74) is 0. The largest absolute Gasteiger partial charge is 0.465 e. The second-order valence-corrected chi connectivity index (χ2v) is 7.36. The second-order valence-electron chi connectivity index (χ2n) is 5.24. The zero-order valence-electron chi connectivity index (χ0n) is 11.6. The maximum Gasteiger partial charge on any atom is 0.214 e. The fraction of sp³-hybridized carbons (Fsp3) is 0.692. The van der Waals surface area contributed by atoms with E-state index in [1.165, 1.54) is 4.31 Å². The van der Waals surface area contributed by atoms with Gasteiger partial charge in [-0.1, -0.05) is 0 Å². The zero-order valence-corrected chi connectivity index (χ0v) is 12.4. The van der Waals surface area contributed by atoms with Gasteiger partial charge in [0.15, 0.2) is 0 Å². The molecule has 0 aromatic carbocycles. The molecular formula is C13H22N2O3S. The molecule has 1 aliphatic heterocycles. The van der Waals surface area contributed by atoms with Crippen molar-refractivity contribution in [2.24, 2.45) is 5.92 Å². The molecule has 1 saturated heterocycles. The van der Waals surface area contributed by atoms with Gasteiger partial charge in [-0.05, 0) is 50.9 Å². The Morgan fingerprint density at radius 2 is 2.05 bits per heavy atom. The molecule has 1 N–H and O–H groups in total. The second kappa shape index (κ2) is 6.07. The van der Waals surface area contributed by atoms with Crippen LogP contribution in [-0.2, 0) is 16.6 Å². The van der Waals surface area contributed by atoms with Gasteiger partial charge in [0, 0.05) is 7.05 Å². The first-order chi connectivity index (χ1) is 8.97. The summed E-state index contributed by atoms with van der Waals surface area (Å²) in [7, 11) is -1.58. The van der Waals surface area contributed by atoms with E-state index in [-0.39, 0.29) is 11.7 Å². The van der Waals surface area contributed by atoms with E-state index in [9.17, 15) is 8.42 Å². The first kappa shape index (κ1) is 14.6. The molecule has 0 radical (unpaired) electrons. The van der Waals surface area contributed by atoms with Crippen molar-refractivity contribution < 1.29 is 12.8 Å². The van der Waals surface area contributed by atoms with Gasteiger partial charge in [0.2, 0.25) is 10.0 Å².